The number of carbonyl (C=O) groups excluding carboxylic acids is 4. The molecule has 41 heavy (non-hydrogen) atoms. The Morgan fingerprint density at radius 3 is 1.20 bits per heavy atom. The van der Waals surface area contributed by atoms with Crippen LogP contribution < -0.4 is 28.4 Å². The zero-order chi connectivity index (χ0) is 31.5. The van der Waals surface area contributed by atoms with Crippen molar-refractivity contribution in [3.8, 4) is 0 Å². The SMILES string of the molecule is O=C(O)CNC(=O)[C@H](CS)NC(=O)CC[C@H](N[Te]N[C@@H](CCC(=O)N[C@@H](CS)C(=O)NCC(=O)O)C(=O)O)C(=O)O. The third kappa shape index (κ3) is 17.6. The number of aliphatic carboxylic acids is 4. The molecule has 0 rings (SSSR count). The molecule has 0 aliphatic carbocycles. The van der Waals surface area contributed by atoms with E-state index in [9.17, 15) is 48.6 Å². The Labute approximate surface area is 255 Å². The molecule has 0 aromatic carbocycles. The molecule has 0 aromatic rings. The molecule has 0 heterocycles. The predicted octanol–water partition coefficient (Wildman–Crippen LogP) is -4.60. The number of carbonyl (C=O) groups is 8. The van der Waals surface area contributed by atoms with Gasteiger partial charge in [0, 0.05) is 0 Å². The van der Waals surface area contributed by atoms with E-state index in [1.165, 1.54) is 0 Å². The van der Waals surface area contributed by atoms with Crippen molar-refractivity contribution >= 4 is 94.2 Å². The van der Waals surface area contributed by atoms with E-state index in [1.54, 1.807) is 0 Å². The maximum absolute atomic E-state index is 12.2. The van der Waals surface area contributed by atoms with Crippen LogP contribution in [0.1, 0.15) is 25.7 Å². The van der Waals surface area contributed by atoms with Crippen LogP contribution in [0, 0.1) is 0 Å². The van der Waals surface area contributed by atoms with Crippen molar-refractivity contribution in [1.82, 2.24) is 28.4 Å². The monoisotopic (exact) mass is 742 g/mol. The number of amides is 4. The molecule has 10 N–H and O–H groups in total. The van der Waals surface area contributed by atoms with Gasteiger partial charge in [0.15, 0.2) is 0 Å². The van der Waals surface area contributed by atoms with E-state index in [-0.39, 0.29) is 37.2 Å². The second-order valence-corrected chi connectivity index (χ2v) is 10.7. The zero-order valence-corrected chi connectivity index (χ0v) is 25.4. The first-order chi connectivity index (χ1) is 19.2. The molecule has 0 saturated carbocycles. The third-order valence-electron chi connectivity index (χ3n) is 4.81. The standard InChI is InChI=1S/C20H32N6O12S2Te/c27-13(23-11(7-39)17(33)21-5-15(29)30)3-1-9(19(35)36)25-41-26-10(20(37)38)2-4-14(28)24-12(8-40)18(34)22-6-16(31)32/h9-12,25-26,39-40H,1-8H2,(H,21,33)(H,22,34)(H,23,27)(H,24,28)(H,29,30)(H,31,32)(H,35,36)(H,37,38)/t9-,10-,11-,12-/m0/s1. The third-order valence-corrected chi connectivity index (χ3v) is 7.84. The fourth-order valence-electron chi connectivity index (χ4n) is 2.69. The van der Waals surface area contributed by atoms with Gasteiger partial charge in [0.2, 0.25) is 0 Å². The van der Waals surface area contributed by atoms with E-state index in [0.717, 1.165) is 0 Å². The Bertz CT molecular complexity index is 901. The summed E-state index contributed by atoms with van der Waals surface area (Å²) >= 11 is 6.19. The first-order valence-electron chi connectivity index (χ1n) is 11.6. The van der Waals surface area contributed by atoms with Crippen LogP contribution in [0.25, 0.3) is 0 Å². The van der Waals surface area contributed by atoms with Gasteiger partial charge in [-0.25, -0.2) is 0 Å². The van der Waals surface area contributed by atoms with Crippen LogP contribution >= 0.6 is 25.3 Å². The molecule has 21 heteroatoms. The van der Waals surface area contributed by atoms with Crippen molar-refractivity contribution in [2.75, 3.05) is 24.6 Å². The van der Waals surface area contributed by atoms with Crippen molar-refractivity contribution in [3.63, 3.8) is 0 Å². The Morgan fingerprint density at radius 2 is 0.927 bits per heavy atom. The molecule has 0 unspecified atom stereocenters. The molecule has 0 saturated heterocycles. The van der Waals surface area contributed by atoms with Gasteiger partial charge >= 0.3 is 256 Å². The minimum absolute atomic E-state index is 0.143. The molecule has 0 aromatic heterocycles. The number of hydrogen-bond acceptors (Lipinski definition) is 12. The summed E-state index contributed by atoms with van der Waals surface area (Å²) in [4.78, 5) is 92.4. The molecule has 0 aliphatic rings. The molecule has 232 valence electrons. The molecule has 0 spiro atoms. The number of carboxylic acids is 4. The molecule has 4 atom stereocenters. The Morgan fingerprint density at radius 1 is 0.585 bits per heavy atom. The summed E-state index contributed by atoms with van der Waals surface area (Å²) < 4.78 is 5.31. The summed E-state index contributed by atoms with van der Waals surface area (Å²) in [5.41, 5.74) is 0. The van der Waals surface area contributed by atoms with Gasteiger partial charge < -0.3 is 0 Å². The molecular weight excluding hydrogens is 708 g/mol. The molecule has 0 fully saturated rings. The van der Waals surface area contributed by atoms with Gasteiger partial charge in [-0.1, -0.05) is 0 Å². The maximum atomic E-state index is 12.2. The van der Waals surface area contributed by atoms with Crippen LogP contribution in [0.15, 0.2) is 0 Å². The van der Waals surface area contributed by atoms with Crippen LogP contribution in [0.4, 0.5) is 0 Å². The second-order valence-electron chi connectivity index (χ2n) is 8.03. The van der Waals surface area contributed by atoms with Gasteiger partial charge in [-0.2, -0.15) is 0 Å². The van der Waals surface area contributed by atoms with E-state index in [4.69, 9.17) is 10.2 Å². The summed E-state index contributed by atoms with van der Waals surface area (Å²) in [6.07, 6.45) is -1.11. The summed E-state index contributed by atoms with van der Waals surface area (Å²) in [6.45, 7) is -1.32. The number of thiol groups is 2. The van der Waals surface area contributed by atoms with E-state index in [1.807, 2.05) is 0 Å². The molecular formula is C20H32N6O12S2Te. The number of rotatable bonds is 22. The van der Waals surface area contributed by atoms with Crippen LogP contribution in [0.3, 0.4) is 0 Å². The van der Waals surface area contributed by atoms with Crippen molar-refractivity contribution in [3.05, 3.63) is 0 Å². The van der Waals surface area contributed by atoms with Gasteiger partial charge in [-0.3, -0.25) is 0 Å². The average Bonchev–Trinajstić information content (AvgIpc) is 2.90. The average molecular weight is 740 g/mol. The summed E-state index contributed by atoms with van der Waals surface area (Å²) in [5.74, 6) is -8.45. The number of carboxylic acid groups (broad SMARTS) is 4. The van der Waals surface area contributed by atoms with Crippen LogP contribution in [-0.2, 0) is 38.4 Å². The van der Waals surface area contributed by atoms with Gasteiger partial charge in [-0.15, -0.1) is 0 Å². The molecule has 0 radical (unpaired) electrons. The second kappa shape index (κ2) is 21.0. The van der Waals surface area contributed by atoms with E-state index >= 15 is 0 Å². The van der Waals surface area contributed by atoms with Crippen LogP contribution in [0.2, 0.25) is 0 Å². The molecule has 0 aliphatic heterocycles. The number of hydrogen-bond donors (Lipinski definition) is 12. The molecule has 18 nitrogen and oxygen atoms in total. The quantitative estimate of drug-likeness (QED) is 0.0368. The summed E-state index contributed by atoms with van der Waals surface area (Å²) in [7, 11) is 0. The van der Waals surface area contributed by atoms with Crippen molar-refractivity contribution in [2.24, 2.45) is 0 Å². The van der Waals surface area contributed by atoms with Gasteiger partial charge in [-0.05, 0) is 0 Å². The predicted molar refractivity (Wildman–Crippen MR) is 146 cm³/mol. The van der Waals surface area contributed by atoms with Crippen molar-refractivity contribution < 1.29 is 58.8 Å². The normalized spacial score (nSPS) is 13.5. The molecule has 0 bridgehead atoms. The summed E-state index contributed by atoms with van der Waals surface area (Å²) in [5, 5.41) is 44.9. The van der Waals surface area contributed by atoms with Crippen LogP contribution in [-0.4, -0.2) is 138 Å². The Balaban J connectivity index is 4.75. The van der Waals surface area contributed by atoms with Crippen molar-refractivity contribution in [2.45, 2.75) is 49.9 Å². The van der Waals surface area contributed by atoms with Crippen molar-refractivity contribution in [1.29, 1.82) is 0 Å². The Hall–Kier alpha value is -2.83. The minimum atomic E-state index is -1.67. The van der Waals surface area contributed by atoms with E-state index in [0.29, 0.717) is 0 Å². The first-order valence-corrected chi connectivity index (χ1v) is 15.2. The molecule has 4 amide bonds. The fourth-order valence-corrected chi connectivity index (χ4v) is 5.45. The first kappa shape index (κ1) is 38.2. The van der Waals surface area contributed by atoms with E-state index < -0.39 is 106 Å². The summed E-state index contributed by atoms with van der Waals surface area (Å²) in [6, 6.07) is -4.78. The van der Waals surface area contributed by atoms with E-state index in [2.05, 4.69) is 53.7 Å². The Kier molecular flexibility index (Phi) is 19.5. The van der Waals surface area contributed by atoms with Crippen LogP contribution in [0.5, 0.6) is 0 Å². The topological polar surface area (TPSA) is 290 Å². The van der Waals surface area contributed by atoms with Gasteiger partial charge in [0.1, 0.15) is 0 Å². The zero-order valence-electron chi connectivity index (χ0n) is 21.3. The van der Waals surface area contributed by atoms with Gasteiger partial charge in [0.05, 0.1) is 0 Å². The van der Waals surface area contributed by atoms with Gasteiger partial charge in [0.25, 0.3) is 0 Å². The number of nitrogens with one attached hydrogen (secondary N) is 6. The fraction of sp³-hybridized carbons (Fsp3) is 0.600.